The number of hydrogen-bond acceptors (Lipinski definition) is 5. The number of aromatic nitrogens is 4. The predicted molar refractivity (Wildman–Crippen MR) is 61.1 cm³/mol. The van der Waals surface area contributed by atoms with Crippen molar-refractivity contribution in [3.05, 3.63) is 29.8 Å². The van der Waals surface area contributed by atoms with Crippen LogP contribution in [0.1, 0.15) is 16.2 Å². The lowest BCUT2D eigenvalue weighted by atomic mass is 10.5. The molecule has 88 valence electrons. The van der Waals surface area contributed by atoms with Crippen molar-refractivity contribution in [1.82, 2.24) is 19.7 Å². The summed E-state index contributed by atoms with van der Waals surface area (Å²) in [5.41, 5.74) is 0.826. The van der Waals surface area contributed by atoms with E-state index >= 15 is 0 Å². The van der Waals surface area contributed by atoms with Crippen molar-refractivity contribution in [3.8, 4) is 0 Å². The van der Waals surface area contributed by atoms with Gasteiger partial charge in [-0.15, -0.1) is 0 Å². The van der Waals surface area contributed by atoms with Gasteiger partial charge in [0.05, 0.1) is 5.69 Å². The van der Waals surface area contributed by atoms with Gasteiger partial charge in [0, 0.05) is 19.4 Å². The van der Waals surface area contributed by atoms with Gasteiger partial charge in [0.2, 0.25) is 0 Å². The van der Waals surface area contributed by atoms with Crippen LogP contribution in [-0.2, 0) is 7.05 Å². The molecule has 0 bridgehead atoms. The molecule has 1 N–H and O–H groups in total. The zero-order chi connectivity index (χ0) is 12.4. The van der Waals surface area contributed by atoms with E-state index in [9.17, 15) is 4.79 Å². The van der Waals surface area contributed by atoms with Crippen molar-refractivity contribution in [1.29, 1.82) is 0 Å². The summed E-state index contributed by atoms with van der Waals surface area (Å²) in [5, 5.41) is 14.4. The van der Waals surface area contributed by atoms with Crippen molar-refractivity contribution in [2.45, 2.75) is 17.0 Å². The first-order valence-corrected chi connectivity index (χ1v) is 5.62. The van der Waals surface area contributed by atoms with Gasteiger partial charge in [-0.2, -0.15) is 5.10 Å². The first kappa shape index (κ1) is 11.6. The van der Waals surface area contributed by atoms with Crippen molar-refractivity contribution in [2.75, 3.05) is 0 Å². The molecule has 0 spiro atoms. The maximum atomic E-state index is 11.0. The molecule has 0 amide bonds. The van der Waals surface area contributed by atoms with Crippen molar-refractivity contribution in [2.24, 2.45) is 7.05 Å². The Kier molecular flexibility index (Phi) is 3.10. The second-order valence-electron chi connectivity index (χ2n) is 3.36. The molecule has 0 aliphatic heterocycles. The molecule has 0 atom stereocenters. The van der Waals surface area contributed by atoms with Gasteiger partial charge in [-0.1, -0.05) is 0 Å². The van der Waals surface area contributed by atoms with E-state index in [2.05, 4.69) is 15.1 Å². The Balaban J connectivity index is 2.36. The molecule has 2 aromatic rings. The fourth-order valence-electron chi connectivity index (χ4n) is 1.33. The molecule has 0 radical (unpaired) electrons. The highest BCUT2D eigenvalue weighted by Crippen LogP contribution is 2.27. The molecular formula is C10H10N4O2S. The van der Waals surface area contributed by atoms with Crippen LogP contribution in [0.25, 0.3) is 0 Å². The summed E-state index contributed by atoms with van der Waals surface area (Å²) < 4.78 is 1.68. The summed E-state index contributed by atoms with van der Waals surface area (Å²) in [5.74, 6) is -1.08. The minimum Gasteiger partial charge on any atom is -0.476 e. The summed E-state index contributed by atoms with van der Waals surface area (Å²) in [4.78, 5) is 18.8. The molecule has 0 aliphatic carbocycles. The Morgan fingerprint density at radius 3 is 2.71 bits per heavy atom. The molecule has 0 aromatic carbocycles. The van der Waals surface area contributed by atoms with Crippen LogP contribution in [0.2, 0.25) is 0 Å². The van der Waals surface area contributed by atoms with Crippen LogP contribution in [0.3, 0.4) is 0 Å². The normalized spacial score (nSPS) is 10.5. The molecule has 0 unspecified atom stereocenters. The number of aryl methyl sites for hydroxylation is 2. The van der Waals surface area contributed by atoms with E-state index in [1.807, 2.05) is 13.0 Å². The minimum atomic E-state index is -1.08. The zero-order valence-corrected chi connectivity index (χ0v) is 10.1. The monoisotopic (exact) mass is 250 g/mol. The van der Waals surface area contributed by atoms with Crippen LogP contribution < -0.4 is 0 Å². The van der Waals surface area contributed by atoms with Crippen LogP contribution in [0, 0.1) is 6.92 Å². The van der Waals surface area contributed by atoms with E-state index in [4.69, 9.17) is 5.11 Å². The van der Waals surface area contributed by atoms with Crippen LogP contribution in [-0.4, -0.2) is 30.8 Å². The van der Waals surface area contributed by atoms with Crippen LogP contribution in [0.4, 0.5) is 0 Å². The topological polar surface area (TPSA) is 80.9 Å². The maximum Gasteiger partial charge on any atom is 0.357 e. The fraction of sp³-hybridized carbons (Fsp3) is 0.200. The molecule has 0 saturated heterocycles. The number of carboxylic acids is 1. The molecular weight excluding hydrogens is 240 g/mol. The lowest BCUT2D eigenvalue weighted by Crippen LogP contribution is -2.04. The summed E-state index contributed by atoms with van der Waals surface area (Å²) in [6, 6.07) is 1.87. The Morgan fingerprint density at radius 1 is 1.41 bits per heavy atom. The smallest absolute Gasteiger partial charge is 0.357 e. The fourth-order valence-corrected chi connectivity index (χ4v) is 2.28. The van der Waals surface area contributed by atoms with Gasteiger partial charge < -0.3 is 5.11 Å². The molecule has 0 fully saturated rings. The lowest BCUT2D eigenvalue weighted by Gasteiger charge is -2.03. The summed E-state index contributed by atoms with van der Waals surface area (Å²) in [6.45, 7) is 1.87. The number of carbonyl (C=O) groups is 1. The number of hydrogen-bond donors (Lipinski definition) is 1. The number of rotatable bonds is 3. The Bertz CT molecular complexity index is 567. The van der Waals surface area contributed by atoms with Gasteiger partial charge in [-0.3, -0.25) is 4.68 Å². The Morgan fingerprint density at radius 2 is 2.12 bits per heavy atom. The first-order valence-electron chi connectivity index (χ1n) is 4.80. The highest BCUT2D eigenvalue weighted by Gasteiger charge is 2.15. The SMILES string of the molecule is Cc1cc(Sc2nccnc2C(=O)O)n(C)n1. The van der Waals surface area contributed by atoms with Gasteiger partial charge in [-0.05, 0) is 24.8 Å². The van der Waals surface area contributed by atoms with Crippen molar-refractivity contribution in [3.63, 3.8) is 0 Å². The average molecular weight is 250 g/mol. The molecule has 17 heavy (non-hydrogen) atoms. The molecule has 7 heteroatoms. The minimum absolute atomic E-state index is 0.0450. The molecule has 6 nitrogen and oxygen atoms in total. The van der Waals surface area contributed by atoms with Crippen molar-refractivity contribution < 1.29 is 9.90 Å². The molecule has 2 aromatic heterocycles. The lowest BCUT2D eigenvalue weighted by molar-refractivity contribution is 0.0685. The van der Waals surface area contributed by atoms with Crippen LogP contribution in [0.15, 0.2) is 28.5 Å². The number of carboxylic acid groups (broad SMARTS) is 1. The number of nitrogens with zero attached hydrogens (tertiary/aromatic N) is 4. The maximum absolute atomic E-state index is 11.0. The summed E-state index contributed by atoms with van der Waals surface area (Å²) in [6.07, 6.45) is 2.83. The van der Waals surface area contributed by atoms with Gasteiger partial charge in [0.25, 0.3) is 0 Å². The highest BCUT2D eigenvalue weighted by molar-refractivity contribution is 7.99. The third kappa shape index (κ3) is 2.44. The van der Waals surface area contributed by atoms with Crippen LogP contribution >= 0.6 is 11.8 Å². The highest BCUT2D eigenvalue weighted by atomic mass is 32.2. The van der Waals surface area contributed by atoms with Gasteiger partial charge in [0.1, 0.15) is 10.1 Å². The summed E-state index contributed by atoms with van der Waals surface area (Å²) >= 11 is 1.24. The van der Waals surface area contributed by atoms with E-state index in [0.717, 1.165) is 10.7 Å². The Hall–Kier alpha value is -1.89. The summed E-state index contributed by atoms with van der Waals surface area (Å²) in [7, 11) is 1.80. The van der Waals surface area contributed by atoms with E-state index in [-0.39, 0.29) is 5.69 Å². The van der Waals surface area contributed by atoms with E-state index < -0.39 is 5.97 Å². The second kappa shape index (κ2) is 4.54. The molecule has 0 saturated carbocycles. The van der Waals surface area contributed by atoms with E-state index in [0.29, 0.717) is 5.03 Å². The molecule has 2 heterocycles. The third-order valence-electron chi connectivity index (χ3n) is 2.03. The van der Waals surface area contributed by atoms with E-state index in [1.165, 1.54) is 24.2 Å². The Labute approximate surface area is 102 Å². The number of aromatic carboxylic acids is 1. The third-order valence-corrected chi connectivity index (χ3v) is 3.11. The largest absolute Gasteiger partial charge is 0.476 e. The zero-order valence-electron chi connectivity index (χ0n) is 9.28. The van der Waals surface area contributed by atoms with Gasteiger partial charge >= 0.3 is 5.97 Å². The standard InChI is InChI=1S/C10H10N4O2S/c1-6-5-7(14(2)13-6)17-9-8(10(15)16)11-3-4-12-9/h3-5H,1-2H3,(H,15,16). The molecule has 2 rings (SSSR count). The van der Waals surface area contributed by atoms with Gasteiger partial charge in [-0.25, -0.2) is 14.8 Å². The molecule has 0 aliphatic rings. The van der Waals surface area contributed by atoms with Crippen LogP contribution in [0.5, 0.6) is 0 Å². The predicted octanol–water partition coefficient (Wildman–Crippen LogP) is 1.37. The second-order valence-corrected chi connectivity index (χ2v) is 4.37. The van der Waals surface area contributed by atoms with Crippen molar-refractivity contribution >= 4 is 17.7 Å². The average Bonchev–Trinajstić information content (AvgIpc) is 2.58. The quantitative estimate of drug-likeness (QED) is 0.886. The van der Waals surface area contributed by atoms with Gasteiger partial charge in [0.15, 0.2) is 5.69 Å². The van der Waals surface area contributed by atoms with E-state index in [1.54, 1.807) is 11.7 Å². The first-order chi connectivity index (χ1) is 8.08.